The predicted molar refractivity (Wildman–Crippen MR) is 135 cm³/mol. The zero-order chi connectivity index (χ0) is 23.4. The van der Waals surface area contributed by atoms with Crippen molar-refractivity contribution in [3.63, 3.8) is 0 Å². The molecule has 0 aromatic carbocycles. The number of esters is 1. The molecule has 0 atom stereocenters. The van der Waals surface area contributed by atoms with Crippen molar-refractivity contribution in [3.05, 3.63) is 12.2 Å². The Kier molecular flexibility index (Phi) is 26.6. The maximum Gasteiger partial charge on any atom is 0.305 e. The molecule has 0 saturated carbocycles. The van der Waals surface area contributed by atoms with Gasteiger partial charge in [0.25, 0.3) is 6.47 Å². The van der Waals surface area contributed by atoms with Gasteiger partial charge in [0, 0.05) is 6.42 Å². The van der Waals surface area contributed by atoms with Crippen LogP contribution in [0, 0.1) is 0 Å². The average molecular weight is 453 g/mol. The first kappa shape index (κ1) is 30.7. The van der Waals surface area contributed by atoms with Crippen LogP contribution in [0.2, 0.25) is 0 Å². The second kappa shape index (κ2) is 27.7. The topological polar surface area (TPSA) is 52.6 Å². The fourth-order valence-electron chi connectivity index (χ4n) is 3.82. The molecule has 0 N–H and O–H groups in total. The van der Waals surface area contributed by atoms with Gasteiger partial charge in [-0.3, -0.25) is 9.59 Å². The molecule has 4 nitrogen and oxygen atoms in total. The lowest BCUT2D eigenvalue weighted by atomic mass is 10.1. The Morgan fingerprint density at radius 1 is 0.594 bits per heavy atom. The second-order valence-corrected chi connectivity index (χ2v) is 9.00. The summed E-state index contributed by atoms with van der Waals surface area (Å²) in [5, 5.41) is 0. The highest BCUT2D eigenvalue weighted by molar-refractivity contribution is 5.69. The summed E-state index contributed by atoms with van der Waals surface area (Å²) in [6.07, 6.45) is 29.5. The number of hydrogen-bond donors (Lipinski definition) is 0. The zero-order valence-corrected chi connectivity index (χ0v) is 21.1. The minimum Gasteiger partial charge on any atom is -0.468 e. The van der Waals surface area contributed by atoms with Crippen LogP contribution in [0.3, 0.4) is 0 Å². The Morgan fingerprint density at radius 2 is 1.06 bits per heavy atom. The standard InChI is InChI=1S/C28H52O4/c1-2-3-4-5-6-7-8-9-10-11-12-13-15-18-21-24-28(30)32-26-23-20-17-14-16-19-22-25-31-27-29/h9-10,27H,2-8,11-26H2,1H3. The fourth-order valence-corrected chi connectivity index (χ4v) is 3.82. The normalized spacial score (nSPS) is 11.2. The summed E-state index contributed by atoms with van der Waals surface area (Å²) in [4.78, 5) is 21.8. The van der Waals surface area contributed by atoms with E-state index in [0.29, 0.717) is 26.1 Å². The van der Waals surface area contributed by atoms with Crippen LogP contribution >= 0.6 is 0 Å². The summed E-state index contributed by atoms with van der Waals surface area (Å²) in [6, 6.07) is 0. The molecule has 0 spiro atoms. The van der Waals surface area contributed by atoms with E-state index in [4.69, 9.17) is 4.74 Å². The van der Waals surface area contributed by atoms with Crippen molar-refractivity contribution in [1.82, 2.24) is 0 Å². The molecule has 0 aliphatic heterocycles. The molecule has 0 aliphatic rings. The van der Waals surface area contributed by atoms with Gasteiger partial charge < -0.3 is 9.47 Å². The van der Waals surface area contributed by atoms with Crippen LogP contribution in [0.5, 0.6) is 0 Å². The van der Waals surface area contributed by atoms with Crippen molar-refractivity contribution in [3.8, 4) is 0 Å². The molecule has 0 aromatic heterocycles. The Bertz CT molecular complexity index is 420. The third-order valence-corrected chi connectivity index (χ3v) is 5.88. The van der Waals surface area contributed by atoms with Crippen LogP contribution in [0.25, 0.3) is 0 Å². The number of carbonyl (C=O) groups excluding carboxylic acids is 2. The molecule has 0 rings (SSSR count). The molecular formula is C28H52O4. The van der Waals surface area contributed by atoms with Crippen LogP contribution in [0.4, 0.5) is 0 Å². The van der Waals surface area contributed by atoms with Gasteiger partial charge in [-0.15, -0.1) is 0 Å². The van der Waals surface area contributed by atoms with E-state index in [9.17, 15) is 9.59 Å². The number of hydrogen-bond acceptors (Lipinski definition) is 4. The van der Waals surface area contributed by atoms with Gasteiger partial charge in [0.1, 0.15) is 0 Å². The monoisotopic (exact) mass is 452 g/mol. The van der Waals surface area contributed by atoms with E-state index in [2.05, 4.69) is 23.8 Å². The average Bonchev–Trinajstić information content (AvgIpc) is 2.80. The third kappa shape index (κ3) is 26.7. The largest absolute Gasteiger partial charge is 0.468 e. The molecule has 0 bridgehead atoms. The van der Waals surface area contributed by atoms with Crippen molar-refractivity contribution in [2.75, 3.05) is 13.2 Å². The summed E-state index contributed by atoms with van der Waals surface area (Å²) >= 11 is 0. The van der Waals surface area contributed by atoms with Gasteiger partial charge >= 0.3 is 5.97 Å². The van der Waals surface area contributed by atoms with Gasteiger partial charge in [-0.05, 0) is 44.9 Å². The van der Waals surface area contributed by atoms with E-state index in [1.165, 1.54) is 89.9 Å². The van der Waals surface area contributed by atoms with Crippen molar-refractivity contribution < 1.29 is 19.1 Å². The lowest BCUT2D eigenvalue weighted by Gasteiger charge is -2.05. The molecule has 0 radical (unpaired) electrons. The molecule has 0 saturated heterocycles. The van der Waals surface area contributed by atoms with Gasteiger partial charge in [-0.1, -0.05) is 103 Å². The quantitative estimate of drug-likeness (QED) is 0.0571. The first-order valence-electron chi connectivity index (χ1n) is 13.7. The van der Waals surface area contributed by atoms with Crippen LogP contribution in [0.15, 0.2) is 12.2 Å². The highest BCUT2D eigenvalue weighted by atomic mass is 16.5. The number of rotatable bonds is 26. The Labute approximate surface area is 198 Å². The van der Waals surface area contributed by atoms with Crippen LogP contribution in [-0.2, 0) is 19.1 Å². The number of ether oxygens (including phenoxy) is 2. The van der Waals surface area contributed by atoms with E-state index in [-0.39, 0.29) is 5.97 Å². The van der Waals surface area contributed by atoms with Gasteiger partial charge in [0.2, 0.25) is 0 Å². The van der Waals surface area contributed by atoms with Crippen molar-refractivity contribution in [2.24, 2.45) is 0 Å². The number of carbonyl (C=O) groups is 2. The van der Waals surface area contributed by atoms with Gasteiger partial charge in [0.05, 0.1) is 13.2 Å². The highest BCUT2D eigenvalue weighted by Gasteiger charge is 2.02. The van der Waals surface area contributed by atoms with Crippen molar-refractivity contribution >= 4 is 12.4 Å². The number of allylic oxidation sites excluding steroid dienone is 2. The summed E-state index contributed by atoms with van der Waals surface area (Å²) in [7, 11) is 0. The fraction of sp³-hybridized carbons (Fsp3) is 0.857. The summed E-state index contributed by atoms with van der Waals surface area (Å²) in [6.45, 7) is 3.88. The summed E-state index contributed by atoms with van der Waals surface area (Å²) < 4.78 is 10.0. The van der Waals surface area contributed by atoms with Crippen LogP contribution in [-0.4, -0.2) is 25.7 Å². The SMILES string of the molecule is CCCCCCCCC=CCCCCCCCC(=O)OCCCCCCCCCOC=O. The molecule has 0 amide bonds. The molecule has 0 unspecified atom stereocenters. The lowest BCUT2D eigenvalue weighted by molar-refractivity contribution is -0.143. The molecule has 4 heteroatoms. The molecule has 0 aliphatic carbocycles. The van der Waals surface area contributed by atoms with Crippen molar-refractivity contribution in [1.29, 1.82) is 0 Å². The second-order valence-electron chi connectivity index (χ2n) is 9.00. The molecule has 188 valence electrons. The van der Waals surface area contributed by atoms with E-state index in [0.717, 1.165) is 38.5 Å². The minimum atomic E-state index is -0.0298. The van der Waals surface area contributed by atoms with E-state index in [1.807, 2.05) is 0 Å². The van der Waals surface area contributed by atoms with E-state index >= 15 is 0 Å². The van der Waals surface area contributed by atoms with E-state index < -0.39 is 0 Å². The van der Waals surface area contributed by atoms with Crippen LogP contribution < -0.4 is 0 Å². The smallest absolute Gasteiger partial charge is 0.305 e. The van der Waals surface area contributed by atoms with Crippen LogP contribution in [0.1, 0.15) is 142 Å². The first-order valence-corrected chi connectivity index (χ1v) is 13.7. The molecule has 0 fully saturated rings. The maximum absolute atomic E-state index is 11.8. The third-order valence-electron chi connectivity index (χ3n) is 5.88. The van der Waals surface area contributed by atoms with Gasteiger partial charge in [0.15, 0.2) is 0 Å². The lowest BCUT2D eigenvalue weighted by Crippen LogP contribution is -2.05. The maximum atomic E-state index is 11.8. The predicted octanol–water partition coefficient (Wildman–Crippen LogP) is 8.47. The van der Waals surface area contributed by atoms with E-state index in [1.54, 1.807) is 0 Å². The number of unbranched alkanes of at least 4 members (excludes halogenated alkanes) is 17. The molecular weight excluding hydrogens is 400 g/mol. The zero-order valence-electron chi connectivity index (χ0n) is 21.1. The Morgan fingerprint density at radius 3 is 1.62 bits per heavy atom. The molecule has 0 aromatic rings. The van der Waals surface area contributed by atoms with Crippen molar-refractivity contribution in [2.45, 2.75) is 142 Å². The highest BCUT2D eigenvalue weighted by Crippen LogP contribution is 2.11. The Balaban J connectivity index is 3.20. The Hall–Kier alpha value is -1.32. The molecule has 32 heavy (non-hydrogen) atoms. The summed E-state index contributed by atoms with van der Waals surface area (Å²) in [5.41, 5.74) is 0. The molecule has 0 heterocycles. The summed E-state index contributed by atoms with van der Waals surface area (Å²) in [5.74, 6) is -0.0298. The van der Waals surface area contributed by atoms with Gasteiger partial charge in [-0.25, -0.2) is 0 Å². The first-order chi connectivity index (χ1) is 15.8. The minimum absolute atomic E-state index is 0.0298. The van der Waals surface area contributed by atoms with Gasteiger partial charge in [-0.2, -0.15) is 0 Å².